The zero-order valence-electron chi connectivity index (χ0n) is 9.52. The van der Waals surface area contributed by atoms with Gasteiger partial charge in [-0.05, 0) is 6.92 Å². The third-order valence-corrected chi connectivity index (χ3v) is 2.42. The number of hydrogen-bond donors (Lipinski definition) is 2. The number of aromatic nitrogens is 1. The molecule has 0 radical (unpaired) electrons. The molecule has 0 spiro atoms. The molecular formula is C10H14N4O3. The Balaban J connectivity index is 1.82. The maximum absolute atomic E-state index is 11.7. The molecule has 1 saturated heterocycles. The largest absolute Gasteiger partial charge is 0.359 e. The summed E-state index contributed by atoms with van der Waals surface area (Å²) in [6.07, 6.45) is 0. The normalized spacial score (nSPS) is 15.6. The van der Waals surface area contributed by atoms with Crippen LogP contribution in [0.3, 0.4) is 0 Å². The Morgan fingerprint density at radius 2 is 2.53 bits per heavy atom. The summed E-state index contributed by atoms with van der Waals surface area (Å²) in [6, 6.07) is 1.48. The molecular weight excluding hydrogens is 224 g/mol. The second kappa shape index (κ2) is 4.86. The number of carbonyl (C=O) groups excluding carboxylic acids is 2. The number of hydrogen-bond acceptors (Lipinski definition) is 4. The molecule has 92 valence electrons. The van der Waals surface area contributed by atoms with Crippen molar-refractivity contribution in [3.05, 3.63) is 17.5 Å². The van der Waals surface area contributed by atoms with E-state index in [0.29, 0.717) is 18.8 Å². The standard InChI is InChI=1S/C10H14N4O3/c1-7-4-8(17-13-7)5-12-10(16)14-3-2-11-9(15)6-14/h4H,2-3,5-6H2,1H3,(H,11,15)(H,12,16). The number of aryl methyl sites for hydroxylation is 1. The zero-order valence-corrected chi connectivity index (χ0v) is 9.52. The molecule has 2 N–H and O–H groups in total. The highest BCUT2D eigenvalue weighted by atomic mass is 16.5. The van der Waals surface area contributed by atoms with Crippen LogP contribution in [0.5, 0.6) is 0 Å². The number of nitrogens with one attached hydrogen (secondary N) is 2. The van der Waals surface area contributed by atoms with Crippen LogP contribution in [-0.2, 0) is 11.3 Å². The number of piperazine rings is 1. The van der Waals surface area contributed by atoms with Crippen molar-refractivity contribution in [2.24, 2.45) is 0 Å². The fourth-order valence-electron chi connectivity index (χ4n) is 1.59. The van der Waals surface area contributed by atoms with Crippen LogP contribution in [0.25, 0.3) is 0 Å². The summed E-state index contributed by atoms with van der Waals surface area (Å²) in [5.41, 5.74) is 0.770. The van der Waals surface area contributed by atoms with E-state index < -0.39 is 0 Å². The number of urea groups is 1. The second-order valence-electron chi connectivity index (χ2n) is 3.86. The molecule has 0 atom stereocenters. The predicted molar refractivity (Wildman–Crippen MR) is 58.1 cm³/mol. The first-order valence-electron chi connectivity index (χ1n) is 5.37. The van der Waals surface area contributed by atoms with Gasteiger partial charge in [0.05, 0.1) is 12.2 Å². The quantitative estimate of drug-likeness (QED) is 0.735. The molecule has 0 aromatic carbocycles. The van der Waals surface area contributed by atoms with Crippen molar-refractivity contribution in [2.45, 2.75) is 13.5 Å². The van der Waals surface area contributed by atoms with Crippen LogP contribution in [0, 0.1) is 6.92 Å². The molecule has 1 fully saturated rings. The Morgan fingerprint density at radius 3 is 3.18 bits per heavy atom. The van der Waals surface area contributed by atoms with Crippen molar-refractivity contribution in [3.8, 4) is 0 Å². The predicted octanol–water partition coefficient (Wildman–Crippen LogP) is -0.376. The number of rotatable bonds is 2. The van der Waals surface area contributed by atoms with Gasteiger partial charge in [-0.25, -0.2) is 4.79 Å². The second-order valence-corrected chi connectivity index (χ2v) is 3.86. The van der Waals surface area contributed by atoms with Gasteiger partial charge < -0.3 is 20.1 Å². The van der Waals surface area contributed by atoms with Gasteiger partial charge in [-0.1, -0.05) is 5.16 Å². The average Bonchev–Trinajstić information content (AvgIpc) is 2.72. The lowest BCUT2D eigenvalue weighted by atomic mass is 10.3. The lowest BCUT2D eigenvalue weighted by Gasteiger charge is -2.26. The molecule has 1 aromatic rings. The molecule has 0 bridgehead atoms. The lowest BCUT2D eigenvalue weighted by Crippen LogP contribution is -2.52. The SMILES string of the molecule is Cc1cc(CNC(=O)N2CCNC(=O)C2)on1. The summed E-state index contributed by atoms with van der Waals surface area (Å²) in [6.45, 7) is 3.20. The average molecular weight is 238 g/mol. The van der Waals surface area contributed by atoms with E-state index in [1.807, 2.05) is 6.92 Å². The van der Waals surface area contributed by atoms with E-state index in [4.69, 9.17) is 4.52 Å². The van der Waals surface area contributed by atoms with Crippen molar-refractivity contribution in [1.82, 2.24) is 20.7 Å². The van der Waals surface area contributed by atoms with Gasteiger partial charge in [-0.2, -0.15) is 0 Å². The number of amides is 3. The van der Waals surface area contributed by atoms with Gasteiger partial charge in [0.2, 0.25) is 5.91 Å². The van der Waals surface area contributed by atoms with E-state index in [-0.39, 0.29) is 25.0 Å². The van der Waals surface area contributed by atoms with Crippen molar-refractivity contribution >= 4 is 11.9 Å². The minimum atomic E-state index is -0.270. The maximum atomic E-state index is 11.7. The van der Waals surface area contributed by atoms with E-state index >= 15 is 0 Å². The summed E-state index contributed by atoms with van der Waals surface area (Å²) in [7, 11) is 0. The van der Waals surface area contributed by atoms with Crippen molar-refractivity contribution in [3.63, 3.8) is 0 Å². The molecule has 1 aliphatic heterocycles. The third kappa shape index (κ3) is 2.96. The van der Waals surface area contributed by atoms with Gasteiger partial charge >= 0.3 is 6.03 Å². The highest BCUT2D eigenvalue weighted by Gasteiger charge is 2.20. The minimum absolute atomic E-state index is 0.0985. The smallest absolute Gasteiger partial charge is 0.318 e. The van der Waals surface area contributed by atoms with Crippen LogP contribution < -0.4 is 10.6 Å². The van der Waals surface area contributed by atoms with Gasteiger partial charge in [0, 0.05) is 19.2 Å². The van der Waals surface area contributed by atoms with Gasteiger partial charge in [0.15, 0.2) is 5.76 Å². The molecule has 2 rings (SSSR count). The van der Waals surface area contributed by atoms with Crippen molar-refractivity contribution < 1.29 is 14.1 Å². The Morgan fingerprint density at radius 1 is 1.71 bits per heavy atom. The van der Waals surface area contributed by atoms with E-state index in [9.17, 15) is 9.59 Å². The Kier molecular flexibility index (Phi) is 3.27. The van der Waals surface area contributed by atoms with E-state index in [0.717, 1.165) is 5.69 Å². The summed E-state index contributed by atoms with van der Waals surface area (Å²) in [5.74, 6) is 0.458. The molecule has 17 heavy (non-hydrogen) atoms. The van der Waals surface area contributed by atoms with E-state index in [1.165, 1.54) is 4.90 Å². The Bertz CT molecular complexity index is 429. The van der Waals surface area contributed by atoms with Gasteiger partial charge in [0.1, 0.15) is 6.54 Å². The van der Waals surface area contributed by atoms with Crippen LogP contribution in [0.15, 0.2) is 10.6 Å². The first kappa shape index (κ1) is 11.4. The topological polar surface area (TPSA) is 87.5 Å². The van der Waals surface area contributed by atoms with Crippen LogP contribution in [0.4, 0.5) is 4.79 Å². The van der Waals surface area contributed by atoms with Gasteiger partial charge in [-0.15, -0.1) is 0 Å². The molecule has 3 amide bonds. The highest BCUT2D eigenvalue weighted by Crippen LogP contribution is 2.02. The number of nitrogens with zero attached hydrogens (tertiary/aromatic N) is 2. The van der Waals surface area contributed by atoms with Gasteiger partial charge in [0.25, 0.3) is 0 Å². The molecule has 0 saturated carbocycles. The van der Waals surface area contributed by atoms with Crippen molar-refractivity contribution in [2.75, 3.05) is 19.6 Å². The van der Waals surface area contributed by atoms with Crippen LogP contribution in [0.1, 0.15) is 11.5 Å². The fourth-order valence-corrected chi connectivity index (χ4v) is 1.59. The number of carbonyl (C=O) groups is 2. The molecule has 0 aliphatic carbocycles. The van der Waals surface area contributed by atoms with Gasteiger partial charge in [-0.3, -0.25) is 4.79 Å². The molecule has 7 nitrogen and oxygen atoms in total. The third-order valence-electron chi connectivity index (χ3n) is 2.42. The first-order valence-corrected chi connectivity index (χ1v) is 5.37. The van der Waals surface area contributed by atoms with E-state index in [1.54, 1.807) is 6.07 Å². The summed E-state index contributed by atoms with van der Waals surface area (Å²) in [4.78, 5) is 24.3. The monoisotopic (exact) mass is 238 g/mol. The maximum Gasteiger partial charge on any atom is 0.318 e. The highest BCUT2D eigenvalue weighted by molar-refractivity contribution is 5.85. The van der Waals surface area contributed by atoms with Crippen LogP contribution in [-0.4, -0.2) is 41.6 Å². The molecule has 2 heterocycles. The Hall–Kier alpha value is -2.05. The molecule has 7 heteroatoms. The van der Waals surface area contributed by atoms with Crippen LogP contribution in [0.2, 0.25) is 0 Å². The van der Waals surface area contributed by atoms with Crippen LogP contribution >= 0.6 is 0 Å². The summed E-state index contributed by atoms with van der Waals surface area (Å²) in [5, 5.41) is 9.05. The first-order chi connectivity index (χ1) is 8.15. The summed E-state index contributed by atoms with van der Waals surface area (Å²) < 4.78 is 4.96. The fraction of sp³-hybridized carbons (Fsp3) is 0.500. The minimum Gasteiger partial charge on any atom is -0.359 e. The van der Waals surface area contributed by atoms with Crippen molar-refractivity contribution in [1.29, 1.82) is 0 Å². The Labute approximate surface area is 98.1 Å². The molecule has 1 aromatic heterocycles. The molecule has 0 unspecified atom stereocenters. The lowest BCUT2D eigenvalue weighted by molar-refractivity contribution is -0.123. The summed E-state index contributed by atoms with van der Waals surface area (Å²) >= 11 is 0. The van der Waals surface area contributed by atoms with E-state index in [2.05, 4.69) is 15.8 Å². The molecule has 1 aliphatic rings. The zero-order chi connectivity index (χ0) is 12.3.